The number of halogens is 3. The van der Waals surface area contributed by atoms with E-state index in [9.17, 15) is 13.2 Å². The van der Waals surface area contributed by atoms with Gasteiger partial charge in [-0.2, -0.15) is 18.4 Å². The van der Waals surface area contributed by atoms with Gasteiger partial charge in [0.25, 0.3) is 0 Å². The zero-order valence-electron chi connectivity index (χ0n) is 11.8. The lowest BCUT2D eigenvalue weighted by Crippen LogP contribution is -2.04. The molecule has 23 heavy (non-hydrogen) atoms. The molecule has 0 N–H and O–H groups in total. The number of hydrogen-bond donors (Lipinski definition) is 0. The van der Waals surface area contributed by atoms with E-state index in [2.05, 4.69) is 6.07 Å². The Bertz CT molecular complexity index is 891. The Labute approximate surface area is 130 Å². The van der Waals surface area contributed by atoms with Crippen molar-refractivity contribution in [2.24, 2.45) is 0 Å². The molecule has 0 aliphatic carbocycles. The van der Waals surface area contributed by atoms with E-state index in [0.29, 0.717) is 5.75 Å². The van der Waals surface area contributed by atoms with Gasteiger partial charge >= 0.3 is 6.18 Å². The highest BCUT2D eigenvalue weighted by Gasteiger charge is 2.30. The lowest BCUT2D eigenvalue weighted by Gasteiger charge is -2.10. The molecule has 0 bridgehead atoms. The minimum atomic E-state index is -4.40. The summed E-state index contributed by atoms with van der Waals surface area (Å²) < 4.78 is 45.4. The van der Waals surface area contributed by atoms with Crippen LogP contribution in [0.3, 0.4) is 0 Å². The predicted octanol–water partition coefficient (Wildman–Crippen LogP) is 4.98. The second-order valence-electron chi connectivity index (χ2n) is 4.95. The van der Waals surface area contributed by atoms with Crippen molar-refractivity contribution in [3.63, 3.8) is 0 Å². The lowest BCUT2D eigenvalue weighted by atomic mass is 10.2. The van der Waals surface area contributed by atoms with Crippen LogP contribution in [0.4, 0.5) is 13.2 Å². The number of benzene rings is 2. The maximum absolute atomic E-state index is 12.7. The monoisotopic (exact) mass is 316 g/mol. The summed E-state index contributed by atoms with van der Waals surface area (Å²) in [6, 6.07) is 13.8. The molecule has 6 heteroatoms. The molecule has 0 unspecified atom stereocenters. The van der Waals surface area contributed by atoms with Gasteiger partial charge in [-0.05, 0) is 42.5 Å². The highest BCUT2D eigenvalue weighted by molar-refractivity contribution is 5.81. The van der Waals surface area contributed by atoms with E-state index in [1.807, 2.05) is 6.07 Å². The minimum Gasteiger partial charge on any atom is -0.457 e. The van der Waals surface area contributed by atoms with Gasteiger partial charge in [0.1, 0.15) is 18.0 Å². The first-order chi connectivity index (χ1) is 11.0. The van der Waals surface area contributed by atoms with Crippen LogP contribution in [0.25, 0.3) is 10.9 Å². The molecular weight excluding hydrogens is 305 g/mol. The SMILES string of the molecule is N#CCn1ccc2cc(Oc3cccc(C(F)(F)F)c3)ccc21. The first-order valence-corrected chi connectivity index (χ1v) is 6.78. The van der Waals surface area contributed by atoms with Crippen LogP contribution in [0, 0.1) is 11.3 Å². The van der Waals surface area contributed by atoms with Gasteiger partial charge in [-0.1, -0.05) is 6.07 Å². The number of hydrogen-bond acceptors (Lipinski definition) is 2. The average Bonchev–Trinajstić information content (AvgIpc) is 2.90. The van der Waals surface area contributed by atoms with Crippen LogP contribution in [0.1, 0.15) is 5.56 Å². The van der Waals surface area contributed by atoms with Crippen molar-refractivity contribution in [2.45, 2.75) is 12.7 Å². The molecular formula is C17H11F3N2O. The summed E-state index contributed by atoms with van der Waals surface area (Å²) in [7, 11) is 0. The second-order valence-corrected chi connectivity index (χ2v) is 4.95. The van der Waals surface area contributed by atoms with Crippen molar-refractivity contribution in [3.8, 4) is 17.6 Å². The topological polar surface area (TPSA) is 38.0 Å². The smallest absolute Gasteiger partial charge is 0.416 e. The van der Waals surface area contributed by atoms with Crippen LogP contribution >= 0.6 is 0 Å². The van der Waals surface area contributed by atoms with E-state index in [0.717, 1.165) is 23.0 Å². The maximum Gasteiger partial charge on any atom is 0.416 e. The number of nitriles is 1. The van der Waals surface area contributed by atoms with Gasteiger partial charge in [-0.15, -0.1) is 0 Å². The second kappa shape index (κ2) is 5.69. The van der Waals surface area contributed by atoms with Crippen LogP contribution in [-0.4, -0.2) is 4.57 Å². The molecule has 0 radical (unpaired) electrons. The van der Waals surface area contributed by atoms with Crippen molar-refractivity contribution in [1.82, 2.24) is 4.57 Å². The summed E-state index contributed by atoms with van der Waals surface area (Å²) in [5.74, 6) is 0.558. The Balaban J connectivity index is 1.89. The third-order valence-corrected chi connectivity index (χ3v) is 3.38. The summed E-state index contributed by atoms with van der Waals surface area (Å²) in [6.07, 6.45) is -2.63. The van der Waals surface area contributed by atoms with Gasteiger partial charge in [-0.3, -0.25) is 0 Å². The average molecular weight is 316 g/mol. The van der Waals surface area contributed by atoms with Crippen LogP contribution in [0.5, 0.6) is 11.5 Å². The summed E-state index contributed by atoms with van der Waals surface area (Å²) in [5, 5.41) is 9.60. The first-order valence-electron chi connectivity index (χ1n) is 6.78. The number of nitrogens with zero attached hydrogens (tertiary/aromatic N) is 2. The molecule has 0 fully saturated rings. The van der Waals surface area contributed by atoms with Crippen molar-refractivity contribution in [1.29, 1.82) is 5.26 Å². The molecule has 116 valence electrons. The quantitative estimate of drug-likeness (QED) is 0.684. The number of alkyl halides is 3. The molecule has 2 aromatic carbocycles. The van der Waals surface area contributed by atoms with Crippen LogP contribution in [0.2, 0.25) is 0 Å². The number of rotatable bonds is 3. The Morgan fingerprint density at radius 2 is 1.83 bits per heavy atom. The Hall–Kier alpha value is -2.94. The van der Waals surface area contributed by atoms with Crippen molar-refractivity contribution < 1.29 is 17.9 Å². The van der Waals surface area contributed by atoms with E-state index in [1.54, 1.807) is 29.0 Å². The normalized spacial score (nSPS) is 11.4. The van der Waals surface area contributed by atoms with Crippen LogP contribution < -0.4 is 4.74 Å². The number of fused-ring (bicyclic) bond motifs is 1. The summed E-state index contributed by atoms with van der Waals surface area (Å²) in [6.45, 7) is 0.233. The van der Waals surface area contributed by atoms with Crippen molar-refractivity contribution in [2.75, 3.05) is 0 Å². The van der Waals surface area contributed by atoms with E-state index >= 15 is 0 Å². The standard InChI is InChI=1S/C17H11F3N2O/c18-17(19,20)13-2-1-3-14(11-13)23-15-4-5-16-12(10-15)6-8-22(16)9-7-21/h1-6,8,10-11H,9H2. The minimum absolute atomic E-state index is 0.121. The molecule has 3 rings (SSSR count). The molecule has 3 aromatic rings. The Morgan fingerprint density at radius 3 is 2.57 bits per heavy atom. The van der Waals surface area contributed by atoms with Crippen LogP contribution in [-0.2, 0) is 12.7 Å². The highest BCUT2D eigenvalue weighted by Crippen LogP contribution is 2.33. The van der Waals surface area contributed by atoms with Gasteiger partial charge in [0.15, 0.2) is 0 Å². The van der Waals surface area contributed by atoms with Gasteiger partial charge in [0, 0.05) is 17.1 Å². The van der Waals surface area contributed by atoms with Gasteiger partial charge in [-0.25, -0.2) is 0 Å². The van der Waals surface area contributed by atoms with Gasteiger partial charge in [0.05, 0.1) is 11.6 Å². The Morgan fingerprint density at radius 1 is 1.04 bits per heavy atom. The largest absolute Gasteiger partial charge is 0.457 e. The predicted molar refractivity (Wildman–Crippen MR) is 79.1 cm³/mol. The van der Waals surface area contributed by atoms with E-state index in [4.69, 9.17) is 10.00 Å². The number of ether oxygens (including phenoxy) is 1. The third-order valence-electron chi connectivity index (χ3n) is 3.38. The molecule has 0 saturated carbocycles. The first kappa shape index (κ1) is 15.0. The molecule has 3 nitrogen and oxygen atoms in total. The van der Waals surface area contributed by atoms with E-state index < -0.39 is 11.7 Å². The molecule has 1 aromatic heterocycles. The van der Waals surface area contributed by atoms with E-state index in [1.165, 1.54) is 12.1 Å². The highest BCUT2D eigenvalue weighted by atomic mass is 19.4. The Kier molecular flexibility index (Phi) is 3.70. The maximum atomic E-state index is 12.7. The number of aromatic nitrogens is 1. The fourth-order valence-corrected chi connectivity index (χ4v) is 2.33. The molecule has 0 atom stereocenters. The fourth-order valence-electron chi connectivity index (χ4n) is 2.33. The van der Waals surface area contributed by atoms with Crippen molar-refractivity contribution >= 4 is 10.9 Å². The molecule has 1 heterocycles. The van der Waals surface area contributed by atoms with Crippen molar-refractivity contribution in [3.05, 3.63) is 60.3 Å². The summed E-state index contributed by atoms with van der Waals surface area (Å²) in [5.41, 5.74) is 0.110. The molecule has 0 amide bonds. The molecule has 0 aliphatic rings. The van der Waals surface area contributed by atoms with Crippen LogP contribution in [0.15, 0.2) is 54.7 Å². The fraction of sp³-hybridized carbons (Fsp3) is 0.118. The summed E-state index contributed by atoms with van der Waals surface area (Å²) >= 11 is 0. The zero-order chi connectivity index (χ0) is 16.4. The molecule has 0 spiro atoms. The van der Waals surface area contributed by atoms with E-state index in [-0.39, 0.29) is 12.3 Å². The molecule has 0 saturated heterocycles. The molecule has 0 aliphatic heterocycles. The zero-order valence-corrected chi connectivity index (χ0v) is 11.8. The third kappa shape index (κ3) is 3.14. The van der Waals surface area contributed by atoms with Gasteiger partial charge < -0.3 is 9.30 Å². The lowest BCUT2D eigenvalue weighted by molar-refractivity contribution is -0.137. The summed E-state index contributed by atoms with van der Waals surface area (Å²) in [4.78, 5) is 0. The van der Waals surface area contributed by atoms with Gasteiger partial charge in [0.2, 0.25) is 0 Å².